The Balaban J connectivity index is 2.71. The van der Waals surface area contributed by atoms with E-state index in [0.717, 1.165) is 0 Å². The first-order chi connectivity index (χ1) is 8.45. The van der Waals surface area contributed by atoms with Crippen LogP contribution in [0.4, 0.5) is 0 Å². The minimum absolute atomic E-state index is 0.114. The number of benzene rings is 1. The molecule has 0 aliphatic heterocycles. The molecular weight excluding hydrogens is 275 g/mol. The van der Waals surface area contributed by atoms with Gasteiger partial charge in [-0.1, -0.05) is 23.2 Å². The van der Waals surface area contributed by atoms with Crippen molar-refractivity contribution in [1.82, 2.24) is 10.2 Å². The van der Waals surface area contributed by atoms with Crippen molar-refractivity contribution in [2.45, 2.75) is 6.42 Å². The normalized spacial score (nSPS) is 10.0. The quantitative estimate of drug-likeness (QED) is 0.923. The second-order valence-electron chi connectivity index (χ2n) is 3.77. The molecule has 0 aliphatic rings. The Kier molecular flexibility index (Phi) is 5.44. The summed E-state index contributed by atoms with van der Waals surface area (Å²) < 4.78 is 0. The van der Waals surface area contributed by atoms with E-state index in [1.165, 1.54) is 11.0 Å². The average Bonchev–Trinajstić information content (AvgIpc) is 2.34. The Bertz CT molecular complexity index is 463. The number of carbonyl (C=O) groups is 2. The fourth-order valence-electron chi connectivity index (χ4n) is 1.36. The maximum Gasteiger partial charge on any atom is 0.255 e. The number of halogens is 2. The average molecular weight is 289 g/mol. The van der Waals surface area contributed by atoms with Crippen LogP contribution in [0.15, 0.2) is 18.2 Å². The van der Waals surface area contributed by atoms with Gasteiger partial charge in [0.05, 0.1) is 10.6 Å². The SMILES string of the molecule is CNC(=O)CCN(C)C(=O)c1ccc(Cl)cc1Cl. The summed E-state index contributed by atoms with van der Waals surface area (Å²) in [7, 11) is 3.18. The minimum atomic E-state index is -0.236. The highest BCUT2D eigenvalue weighted by molar-refractivity contribution is 6.36. The van der Waals surface area contributed by atoms with Crippen LogP contribution in [0.25, 0.3) is 0 Å². The molecule has 0 fully saturated rings. The van der Waals surface area contributed by atoms with E-state index in [0.29, 0.717) is 22.2 Å². The molecule has 0 atom stereocenters. The van der Waals surface area contributed by atoms with Crippen LogP contribution in [-0.2, 0) is 4.79 Å². The summed E-state index contributed by atoms with van der Waals surface area (Å²) >= 11 is 11.7. The van der Waals surface area contributed by atoms with Gasteiger partial charge in [0, 0.05) is 32.1 Å². The van der Waals surface area contributed by atoms with Crippen LogP contribution in [0.3, 0.4) is 0 Å². The molecule has 1 aromatic rings. The van der Waals surface area contributed by atoms with Crippen molar-refractivity contribution in [2.24, 2.45) is 0 Å². The molecule has 1 rings (SSSR count). The van der Waals surface area contributed by atoms with E-state index in [2.05, 4.69) is 5.32 Å². The lowest BCUT2D eigenvalue weighted by Gasteiger charge is -2.17. The summed E-state index contributed by atoms with van der Waals surface area (Å²) in [5.74, 6) is -0.350. The molecule has 0 aromatic heterocycles. The standard InChI is InChI=1S/C12H14Cl2N2O2/c1-15-11(17)5-6-16(2)12(18)9-4-3-8(13)7-10(9)14/h3-4,7H,5-6H2,1-2H3,(H,15,17). The second kappa shape index (κ2) is 6.61. The van der Waals surface area contributed by atoms with Crippen LogP contribution in [-0.4, -0.2) is 37.4 Å². The zero-order valence-electron chi connectivity index (χ0n) is 10.2. The molecule has 98 valence electrons. The maximum atomic E-state index is 12.0. The van der Waals surface area contributed by atoms with Gasteiger partial charge in [-0.15, -0.1) is 0 Å². The smallest absolute Gasteiger partial charge is 0.255 e. The van der Waals surface area contributed by atoms with Crippen LogP contribution in [0.2, 0.25) is 10.0 Å². The molecule has 0 radical (unpaired) electrons. The highest BCUT2D eigenvalue weighted by Crippen LogP contribution is 2.22. The first kappa shape index (κ1) is 14.8. The van der Waals surface area contributed by atoms with Crippen molar-refractivity contribution in [1.29, 1.82) is 0 Å². The number of hydrogen-bond acceptors (Lipinski definition) is 2. The summed E-state index contributed by atoms with van der Waals surface area (Å²) in [5, 5.41) is 3.28. The Labute approximate surface area is 116 Å². The van der Waals surface area contributed by atoms with Gasteiger partial charge in [-0.25, -0.2) is 0 Å². The zero-order valence-corrected chi connectivity index (χ0v) is 11.7. The van der Waals surface area contributed by atoms with Crippen LogP contribution in [0.1, 0.15) is 16.8 Å². The van der Waals surface area contributed by atoms with Crippen molar-refractivity contribution in [3.8, 4) is 0 Å². The van der Waals surface area contributed by atoms with Gasteiger partial charge in [0.1, 0.15) is 0 Å². The van der Waals surface area contributed by atoms with Gasteiger partial charge in [0.25, 0.3) is 5.91 Å². The van der Waals surface area contributed by atoms with E-state index >= 15 is 0 Å². The number of rotatable bonds is 4. The van der Waals surface area contributed by atoms with E-state index in [1.54, 1.807) is 26.2 Å². The molecule has 0 spiro atoms. The Morgan fingerprint density at radius 1 is 1.33 bits per heavy atom. The predicted molar refractivity (Wildman–Crippen MR) is 72.1 cm³/mol. The van der Waals surface area contributed by atoms with Gasteiger partial charge in [-0.05, 0) is 18.2 Å². The van der Waals surface area contributed by atoms with Crippen molar-refractivity contribution >= 4 is 35.0 Å². The van der Waals surface area contributed by atoms with Gasteiger partial charge >= 0.3 is 0 Å². The molecule has 4 nitrogen and oxygen atoms in total. The largest absolute Gasteiger partial charge is 0.359 e. The fourth-order valence-corrected chi connectivity index (χ4v) is 1.85. The third-order valence-corrected chi connectivity index (χ3v) is 3.01. The highest BCUT2D eigenvalue weighted by atomic mass is 35.5. The highest BCUT2D eigenvalue weighted by Gasteiger charge is 2.15. The second-order valence-corrected chi connectivity index (χ2v) is 4.62. The monoisotopic (exact) mass is 288 g/mol. The van der Waals surface area contributed by atoms with Gasteiger partial charge in [0.2, 0.25) is 5.91 Å². The molecule has 1 aromatic carbocycles. The number of carbonyl (C=O) groups excluding carboxylic acids is 2. The van der Waals surface area contributed by atoms with E-state index < -0.39 is 0 Å². The topological polar surface area (TPSA) is 49.4 Å². The third-order valence-electron chi connectivity index (χ3n) is 2.46. The molecule has 18 heavy (non-hydrogen) atoms. The van der Waals surface area contributed by atoms with Gasteiger partial charge < -0.3 is 10.2 Å². The van der Waals surface area contributed by atoms with Crippen LogP contribution < -0.4 is 5.32 Å². The Morgan fingerprint density at radius 3 is 2.56 bits per heavy atom. The first-order valence-corrected chi connectivity index (χ1v) is 6.12. The number of hydrogen-bond donors (Lipinski definition) is 1. The molecule has 0 heterocycles. The van der Waals surface area contributed by atoms with E-state index in [4.69, 9.17) is 23.2 Å². The van der Waals surface area contributed by atoms with E-state index in [9.17, 15) is 9.59 Å². The lowest BCUT2D eigenvalue weighted by molar-refractivity contribution is -0.120. The summed E-state index contributed by atoms with van der Waals surface area (Å²) in [5.41, 5.74) is 0.375. The molecule has 6 heteroatoms. The van der Waals surface area contributed by atoms with Crippen LogP contribution in [0, 0.1) is 0 Å². The molecule has 2 amide bonds. The van der Waals surface area contributed by atoms with Crippen molar-refractivity contribution in [2.75, 3.05) is 20.6 Å². The molecule has 0 unspecified atom stereocenters. The molecule has 0 aliphatic carbocycles. The van der Waals surface area contributed by atoms with Crippen molar-refractivity contribution in [3.05, 3.63) is 33.8 Å². The predicted octanol–water partition coefficient (Wildman–Crippen LogP) is 2.20. The molecule has 0 saturated heterocycles. The van der Waals surface area contributed by atoms with E-state index in [-0.39, 0.29) is 18.2 Å². The zero-order chi connectivity index (χ0) is 13.7. The van der Waals surface area contributed by atoms with Crippen LogP contribution in [0.5, 0.6) is 0 Å². The fraction of sp³-hybridized carbons (Fsp3) is 0.333. The summed E-state index contributed by atoms with van der Waals surface area (Å²) in [4.78, 5) is 24.6. The lowest BCUT2D eigenvalue weighted by atomic mass is 10.2. The molecular formula is C12H14Cl2N2O2. The first-order valence-electron chi connectivity index (χ1n) is 5.36. The summed E-state index contributed by atoms with van der Waals surface area (Å²) in [6.07, 6.45) is 0.254. The molecule has 1 N–H and O–H groups in total. The van der Waals surface area contributed by atoms with Crippen LogP contribution >= 0.6 is 23.2 Å². The number of nitrogens with one attached hydrogen (secondary N) is 1. The summed E-state index contributed by atoms with van der Waals surface area (Å²) in [6.45, 7) is 0.331. The van der Waals surface area contributed by atoms with Gasteiger partial charge in [-0.2, -0.15) is 0 Å². The molecule has 0 saturated carbocycles. The van der Waals surface area contributed by atoms with Crippen molar-refractivity contribution < 1.29 is 9.59 Å². The number of amides is 2. The molecule has 0 bridgehead atoms. The Morgan fingerprint density at radius 2 is 2.00 bits per heavy atom. The third kappa shape index (κ3) is 3.89. The number of nitrogens with zero attached hydrogens (tertiary/aromatic N) is 1. The van der Waals surface area contributed by atoms with E-state index in [1.807, 2.05) is 0 Å². The summed E-state index contributed by atoms with van der Waals surface area (Å²) in [6, 6.07) is 4.69. The van der Waals surface area contributed by atoms with Gasteiger partial charge in [-0.3, -0.25) is 9.59 Å². The van der Waals surface area contributed by atoms with Gasteiger partial charge in [0.15, 0.2) is 0 Å². The maximum absolute atomic E-state index is 12.0. The lowest BCUT2D eigenvalue weighted by Crippen LogP contribution is -2.31. The Hall–Kier alpha value is -1.26. The minimum Gasteiger partial charge on any atom is -0.359 e. The van der Waals surface area contributed by atoms with Crippen molar-refractivity contribution in [3.63, 3.8) is 0 Å².